The second kappa shape index (κ2) is 9.08. The van der Waals surface area contributed by atoms with E-state index in [1.807, 2.05) is 19.1 Å². The minimum atomic E-state index is -3.75. The second-order valence-electron chi connectivity index (χ2n) is 8.33. The van der Waals surface area contributed by atoms with Gasteiger partial charge in [-0.15, -0.1) is 0 Å². The van der Waals surface area contributed by atoms with Crippen molar-refractivity contribution in [3.63, 3.8) is 0 Å². The Kier molecular flexibility index (Phi) is 6.89. The quantitative estimate of drug-likeness (QED) is 0.684. The molecule has 0 aromatic heterocycles. The Morgan fingerprint density at radius 2 is 1.53 bits per heavy atom. The van der Waals surface area contributed by atoms with Gasteiger partial charge in [-0.2, -0.15) is 4.31 Å². The molecule has 0 aliphatic carbocycles. The third-order valence-corrected chi connectivity index (χ3v) is 8.76. The van der Waals surface area contributed by atoms with Gasteiger partial charge in [-0.25, -0.2) is 16.8 Å². The van der Waals surface area contributed by atoms with E-state index in [4.69, 9.17) is 0 Å². The minimum absolute atomic E-state index is 0.0272. The standard InChI is InChI=1S/C22H30N2O4S2/c1-17(2)16-19-7-11-21(12-8-19)29(25,26)23-20-9-13-22(14-10-20)30(27,28)24-15-5-4-6-18(24)3/h7-14,17-18,23H,4-6,15-16H2,1-3H3. The number of hydrogen-bond donors (Lipinski definition) is 1. The van der Waals surface area contributed by atoms with Crippen molar-refractivity contribution >= 4 is 25.7 Å². The largest absolute Gasteiger partial charge is 0.280 e. The lowest BCUT2D eigenvalue weighted by molar-refractivity contribution is 0.268. The summed E-state index contributed by atoms with van der Waals surface area (Å²) in [6.07, 6.45) is 3.64. The summed E-state index contributed by atoms with van der Waals surface area (Å²) in [4.78, 5) is 0.353. The maximum Gasteiger partial charge on any atom is 0.261 e. The van der Waals surface area contributed by atoms with Crippen LogP contribution < -0.4 is 4.72 Å². The number of hydrogen-bond acceptors (Lipinski definition) is 4. The van der Waals surface area contributed by atoms with E-state index in [1.54, 1.807) is 12.1 Å². The van der Waals surface area contributed by atoms with Crippen molar-refractivity contribution in [1.29, 1.82) is 0 Å². The van der Waals surface area contributed by atoms with Crippen LogP contribution >= 0.6 is 0 Å². The maximum absolute atomic E-state index is 12.9. The van der Waals surface area contributed by atoms with E-state index in [1.165, 1.54) is 28.6 Å². The zero-order chi connectivity index (χ0) is 21.9. The molecule has 8 heteroatoms. The van der Waals surface area contributed by atoms with Crippen LogP contribution in [0.5, 0.6) is 0 Å². The molecule has 30 heavy (non-hydrogen) atoms. The highest BCUT2D eigenvalue weighted by molar-refractivity contribution is 7.92. The summed E-state index contributed by atoms with van der Waals surface area (Å²) in [5.41, 5.74) is 1.41. The number of rotatable bonds is 7. The van der Waals surface area contributed by atoms with Gasteiger partial charge in [0.15, 0.2) is 0 Å². The molecule has 2 aromatic rings. The third-order valence-electron chi connectivity index (χ3n) is 5.33. The predicted molar refractivity (Wildman–Crippen MR) is 119 cm³/mol. The van der Waals surface area contributed by atoms with Crippen LogP contribution in [0.3, 0.4) is 0 Å². The Balaban J connectivity index is 1.74. The first-order valence-corrected chi connectivity index (χ1v) is 13.3. The van der Waals surface area contributed by atoms with E-state index in [0.29, 0.717) is 18.2 Å². The van der Waals surface area contributed by atoms with Crippen molar-refractivity contribution in [1.82, 2.24) is 4.31 Å². The van der Waals surface area contributed by atoms with Gasteiger partial charge in [0.05, 0.1) is 9.79 Å². The summed E-state index contributed by atoms with van der Waals surface area (Å²) >= 11 is 0. The van der Waals surface area contributed by atoms with Crippen molar-refractivity contribution in [2.45, 2.75) is 62.3 Å². The van der Waals surface area contributed by atoms with E-state index in [2.05, 4.69) is 18.6 Å². The Morgan fingerprint density at radius 3 is 2.10 bits per heavy atom. The minimum Gasteiger partial charge on any atom is -0.280 e. The van der Waals surface area contributed by atoms with Crippen molar-refractivity contribution in [2.24, 2.45) is 5.92 Å². The molecule has 0 saturated carbocycles. The molecule has 1 aliphatic rings. The lowest BCUT2D eigenvalue weighted by atomic mass is 10.0. The number of piperidine rings is 1. The first-order valence-electron chi connectivity index (χ1n) is 10.3. The fourth-order valence-corrected chi connectivity index (χ4v) is 6.51. The van der Waals surface area contributed by atoms with E-state index in [9.17, 15) is 16.8 Å². The molecule has 3 rings (SSSR count). The third kappa shape index (κ3) is 5.22. The normalized spacial score (nSPS) is 18.5. The van der Waals surface area contributed by atoms with Gasteiger partial charge in [-0.1, -0.05) is 32.4 Å². The molecule has 1 unspecified atom stereocenters. The molecule has 1 N–H and O–H groups in total. The molecule has 164 valence electrons. The van der Waals surface area contributed by atoms with Crippen LogP contribution in [0.1, 0.15) is 45.6 Å². The van der Waals surface area contributed by atoms with Crippen LogP contribution in [-0.2, 0) is 26.5 Å². The van der Waals surface area contributed by atoms with Crippen LogP contribution in [0.4, 0.5) is 5.69 Å². The van der Waals surface area contributed by atoms with Gasteiger partial charge in [0, 0.05) is 18.3 Å². The zero-order valence-corrected chi connectivity index (χ0v) is 19.3. The van der Waals surface area contributed by atoms with Crippen molar-refractivity contribution in [3.05, 3.63) is 54.1 Å². The first-order chi connectivity index (χ1) is 14.1. The summed E-state index contributed by atoms with van der Waals surface area (Å²) in [7, 11) is -7.33. The highest BCUT2D eigenvalue weighted by Crippen LogP contribution is 2.26. The lowest BCUT2D eigenvalue weighted by Gasteiger charge is -2.32. The lowest BCUT2D eigenvalue weighted by Crippen LogP contribution is -2.41. The van der Waals surface area contributed by atoms with Crippen LogP contribution in [0.15, 0.2) is 58.3 Å². The number of anilines is 1. The fourth-order valence-electron chi connectivity index (χ4n) is 3.75. The number of sulfonamides is 2. The van der Waals surface area contributed by atoms with E-state index >= 15 is 0 Å². The highest BCUT2D eigenvalue weighted by atomic mass is 32.2. The summed E-state index contributed by atoms with van der Waals surface area (Å²) in [5, 5.41) is 0. The molecule has 1 atom stereocenters. The summed E-state index contributed by atoms with van der Waals surface area (Å²) in [6, 6.07) is 12.7. The Bertz CT molecular complexity index is 1060. The first kappa shape index (κ1) is 22.8. The van der Waals surface area contributed by atoms with Crippen LogP contribution in [-0.4, -0.2) is 33.7 Å². The summed E-state index contributed by atoms with van der Waals surface area (Å²) in [6.45, 7) is 6.67. The zero-order valence-electron chi connectivity index (χ0n) is 17.7. The molecule has 1 saturated heterocycles. The van der Waals surface area contributed by atoms with Crippen molar-refractivity contribution < 1.29 is 16.8 Å². The van der Waals surface area contributed by atoms with E-state index < -0.39 is 20.0 Å². The summed E-state index contributed by atoms with van der Waals surface area (Å²) < 4.78 is 55.2. The molecule has 0 radical (unpaired) electrons. The van der Waals surface area contributed by atoms with Crippen molar-refractivity contribution in [2.75, 3.05) is 11.3 Å². The average molecular weight is 451 g/mol. The van der Waals surface area contributed by atoms with Crippen molar-refractivity contribution in [3.8, 4) is 0 Å². The Labute approximate surface area is 180 Å². The van der Waals surface area contributed by atoms with Gasteiger partial charge in [0.2, 0.25) is 10.0 Å². The molecular formula is C22H30N2O4S2. The fraction of sp³-hybridized carbons (Fsp3) is 0.455. The van der Waals surface area contributed by atoms with Gasteiger partial charge < -0.3 is 0 Å². The topological polar surface area (TPSA) is 83.5 Å². The second-order valence-corrected chi connectivity index (χ2v) is 11.9. The van der Waals surface area contributed by atoms with E-state index in [-0.39, 0.29) is 15.8 Å². The predicted octanol–water partition coefficient (Wildman–Crippen LogP) is 4.25. The molecule has 1 fully saturated rings. The average Bonchev–Trinajstić information content (AvgIpc) is 2.68. The van der Waals surface area contributed by atoms with Gasteiger partial charge in [-0.3, -0.25) is 4.72 Å². The molecule has 1 aliphatic heterocycles. The molecule has 0 bridgehead atoms. The number of nitrogens with zero attached hydrogens (tertiary/aromatic N) is 1. The molecule has 1 heterocycles. The van der Waals surface area contributed by atoms with Gasteiger partial charge in [0.1, 0.15) is 0 Å². The smallest absolute Gasteiger partial charge is 0.261 e. The molecule has 6 nitrogen and oxygen atoms in total. The highest BCUT2D eigenvalue weighted by Gasteiger charge is 2.30. The SMILES string of the molecule is CC(C)Cc1ccc(S(=O)(=O)Nc2ccc(S(=O)(=O)N3CCCCC3C)cc2)cc1. The van der Waals surface area contributed by atoms with E-state index in [0.717, 1.165) is 31.2 Å². The monoisotopic (exact) mass is 450 g/mol. The Morgan fingerprint density at radius 1 is 0.933 bits per heavy atom. The molecule has 0 spiro atoms. The van der Waals surface area contributed by atoms with Gasteiger partial charge in [0.25, 0.3) is 10.0 Å². The molecule has 0 amide bonds. The van der Waals surface area contributed by atoms with Gasteiger partial charge >= 0.3 is 0 Å². The molecule has 2 aromatic carbocycles. The van der Waals surface area contributed by atoms with Crippen LogP contribution in [0.2, 0.25) is 0 Å². The molecular weight excluding hydrogens is 420 g/mol. The van der Waals surface area contributed by atoms with Crippen LogP contribution in [0, 0.1) is 5.92 Å². The Hall–Kier alpha value is -1.90. The van der Waals surface area contributed by atoms with Crippen LogP contribution in [0.25, 0.3) is 0 Å². The number of nitrogens with one attached hydrogen (secondary N) is 1. The number of benzene rings is 2. The van der Waals surface area contributed by atoms with Gasteiger partial charge in [-0.05, 0) is 74.1 Å². The maximum atomic E-state index is 12.9. The summed E-state index contributed by atoms with van der Waals surface area (Å²) in [5.74, 6) is 0.494.